The Bertz CT molecular complexity index is 774. The van der Waals surface area contributed by atoms with E-state index in [9.17, 15) is 29.3 Å². The number of hydrogen-bond donors (Lipinski definition) is 0. The number of hydrogen-bond acceptors (Lipinski definition) is 7. The molecule has 10 nitrogen and oxygen atoms in total. The summed E-state index contributed by atoms with van der Waals surface area (Å²) >= 11 is 0. The number of rotatable bonds is 6. The molecule has 0 saturated carbocycles. The van der Waals surface area contributed by atoms with Crippen LogP contribution < -0.4 is 0 Å². The Hall–Kier alpha value is -3.30. The zero-order valence-electron chi connectivity index (χ0n) is 13.6. The molecule has 1 aliphatic heterocycles. The minimum atomic E-state index is -0.790. The van der Waals surface area contributed by atoms with Gasteiger partial charge < -0.3 is 9.64 Å². The molecule has 132 valence electrons. The third-order valence-electron chi connectivity index (χ3n) is 3.56. The molecule has 0 unspecified atom stereocenters. The second-order valence-electron chi connectivity index (χ2n) is 5.24. The van der Waals surface area contributed by atoms with E-state index in [1.807, 2.05) is 0 Å². The summed E-state index contributed by atoms with van der Waals surface area (Å²) in [6.07, 6.45) is 0. The molecule has 0 aromatic heterocycles. The summed E-state index contributed by atoms with van der Waals surface area (Å²) in [6, 6.07) is 3.30. The standard InChI is InChI=1S/C15H15N3O7/c1-3-25-13(20)8-16(2)12(19)7-17-14(21)10-5-4-9(18(23)24)6-11(10)15(17)22/h4-6H,3,7-8H2,1-2H3. The Morgan fingerprint density at radius 1 is 1.24 bits per heavy atom. The lowest BCUT2D eigenvalue weighted by Gasteiger charge is -2.19. The first-order valence-electron chi connectivity index (χ1n) is 7.30. The van der Waals surface area contributed by atoms with Gasteiger partial charge in [-0.05, 0) is 13.0 Å². The first kappa shape index (κ1) is 18.0. The van der Waals surface area contributed by atoms with E-state index in [0.717, 1.165) is 17.0 Å². The normalized spacial score (nSPS) is 12.8. The molecule has 0 bridgehead atoms. The highest BCUT2D eigenvalue weighted by atomic mass is 16.6. The highest BCUT2D eigenvalue weighted by molar-refractivity contribution is 6.22. The number of amides is 3. The molecule has 0 radical (unpaired) electrons. The highest BCUT2D eigenvalue weighted by Crippen LogP contribution is 2.26. The van der Waals surface area contributed by atoms with Crippen LogP contribution in [-0.4, -0.2) is 65.2 Å². The molecule has 25 heavy (non-hydrogen) atoms. The minimum absolute atomic E-state index is 0.00329. The fourth-order valence-electron chi connectivity index (χ4n) is 2.28. The second kappa shape index (κ2) is 7.07. The van der Waals surface area contributed by atoms with Gasteiger partial charge in [-0.3, -0.25) is 34.2 Å². The summed E-state index contributed by atoms with van der Waals surface area (Å²) in [5.74, 6) is -2.76. The fraction of sp³-hybridized carbons (Fsp3) is 0.333. The lowest BCUT2D eigenvalue weighted by molar-refractivity contribution is -0.384. The average Bonchev–Trinajstić information content (AvgIpc) is 2.79. The maximum atomic E-state index is 12.3. The number of carbonyl (C=O) groups is 4. The van der Waals surface area contributed by atoms with Gasteiger partial charge in [-0.1, -0.05) is 0 Å². The summed E-state index contributed by atoms with van der Waals surface area (Å²) < 4.78 is 4.72. The molecule has 1 aromatic rings. The molecule has 0 N–H and O–H groups in total. The van der Waals surface area contributed by atoms with Gasteiger partial charge in [-0.25, -0.2) is 0 Å². The van der Waals surface area contributed by atoms with Gasteiger partial charge in [0.15, 0.2) is 0 Å². The molecule has 1 aliphatic rings. The van der Waals surface area contributed by atoms with Gasteiger partial charge in [0.1, 0.15) is 13.1 Å². The maximum Gasteiger partial charge on any atom is 0.325 e. The summed E-state index contributed by atoms with van der Waals surface area (Å²) in [6.45, 7) is 0.896. The number of imide groups is 1. The van der Waals surface area contributed by atoms with E-state index in [-0.39, 0.29) is 30.0 Å². The van der Waals surface area contributed by atoms with Crippen molar-refractivity contribution in [2.24, 2.45) is 0 Å². The predicted octanol–water partition coefficient (Wildman–Crippen LogP) is 0.212. The molecule has 3 amide bonds. The third-order valence-corrected chi connectivity index (χ3v) is 3.56. The average molecular weight is 349 g/mol. The number of nitro benzene ring substituents is 1. The topological polar surface area (TPSA) is 127 Å². The molecule has 0 spiro atoms. The first-order valence-corrected chi connectivity index (χ1v) is 7.30. The molecule has 1 aromatic carbocycles. The van der Waals surface area contributed by atoms with E-state index in [0.29, 0.717) is 4.90 Å². The monoisotopic (exact) mass is 349 g/mol. The van der Waals surface area contributed by atoms with Crippen LogP contribution in [0.3, 0.4) is 0 Å². The molecule has 0 aliphatic carbocycles. The Kier molecular flexibility index (Phi) is 5.11. The van der Waals surface area contributed by atoms with Crippen molar-refractivity contribution in [3.63, 3.8) is 0 Å². The zero-order valence-corrected chi connectivity index (χ0v) is 13.6. The van der Waals surface area contributed by atoms with E-state index in [4.69, 9.17) is 4.74 Å². The van der Waals surface area contributed by atoms with Gasteiger partial charge in [0.25, 0.3) is 17.5 Å². The summed E-state index contributed by atoms with van der Waals surface area (Å²) in [7, 11) is 1.34. The lowest BCUT2D eigenvalue weighted by atomic mass is 10.1. The second-order valence-corrected chi connectivity index (χ2v) is 5.24. The van der Waals surface area contributed by atoms with Crippen molar-refractivity contribution in [2.75, 3.05) is 26.7 Å². The van der Waals surface area contributed by atoms with Crippen molar-refractivity contribution in [2.45, 2.75) is 6.92 Å². The number of ether oxygens (including phenoxy) is 1. The van der Waals surface area contributed by atoms with E-state index in [2.05, 4.69) is 0 Å². The van der Waals surface area contributed by atoms with Crippen LogP contribution in [0.15, 0.2) is 18.2 Å². The summed E-state index contributed by atoms with van der Waals surface area (Å²) in [5.41, 5.74) is -0.455. The van der Waals surface area contributed by atoms with Gasteiger partial charge >= 0.3 is 5.97 Å². The maximum absolute atomic E-state index is 12.3. The first-order chi connectivity index (χ1) is 11.8. The van der Waals surface area contributed by atoms with Crippen molar-refractivity contribution >= 4 is 29.4 Å². The number of likely N-dealkylation sites (N-methyl/N-ethyl adjacent to an activating group) is 1. The lowest BCUT2D eigenvalue weighted by Crippen LogP contribution is -2.43. The van der Waals surface area contributed by atoms with Crippen molar-refractivity contribution < 1.29 is 28.8 Å². The smallest absolute Gasteiger partial charge is 0.325 e. The minimum Gasteiger partial charge on any atom is -0.465 e. The van der Waals surface area contributed by atoms with E-state index in [1.165, 1.54) is 13.1 Å². The van der Waals surface area contributed by atoms with Crippen LogP contribution >= 0.6 is 0 Å². The quantitative estimate of drug-likeness (QED) is 0.311. The summed E-state index contributed by atoms with van der Waals surface area (Å²) in [5, 5.41) is 10.8. The molecular weight excluding hydrogens is 334 g/mol. The zero-order chi connectivity index (χ0) is 18.7. The van der Waals surface area contributed by atoms with Crippen molar-refractivity contribution in [3.05, 3.63) is 39.4 Å². The number of nitro groups is 1. The molecule has 0 atom stereocenters. The Balaban J connectivity index is 2.12. The van der Waals surface area contributed by atoms with Gasteiger partial charge in [0, 0.05) is 19.2 Å². The van der Waals surface area contributed by atoms with Crippen LogP contribution in [-0.2, 0) is 14.3 Å². The predicted molar refractivity (Wildman–Crippen MR) is 82.7 cm³/mol. The van der Waals surface area contributed by atoms with Crippen LogP contribution in [0.25, 0.3) is 0 Å². The van der Waals surface area contributed by atoms with Gasteiger partial charge in [-0.15, -0.1) is 0 Å². The Morgan fingerprint density at radius 3 is 2.48 bits per heavy atom. The molecule has 0 saturated heterocycles. The van der Waals surface area contributed by atoms with E-state index in [1.54, 1.807) is 6.92 Å². The highest BCUT2D eigenvalue weighted by Gasteiger charge is 2.38. The van der Waals surface area contributed by atoms with Crippen LogP contribution in [0.4, 0.5) is 5.69 Å². The van der Waals surface area contributed by atoms with Gasteiger partial charge in [0.2, 0.25) is 5.91 Å². The Morgan fingerprint density at radius 2 is 1.88 bits per heavy atom. The molecule has 2 rings (SSSR count). The third kappa shape index (κ3) is 3.62. The number of non-ortho nitro benzene ring substituents is 1. The molecule has 0 fully saturated rings. The molecule has 1 heterocycles. The SMILES string of the molecule is CCOC(=O)CN(C)C(=O)CN1C(=O)c2ccc([N+](=O)[O-])cc2C1=O. The van der Waals surface area contributed by atoms with Crippen LogP contribution in [0.2, 0.25) is 0 Å². The number of carbonyl (C=O) groups excluding carboxylic acids is 4. The van der Waals surface area contributed by atoms with Crippen LogP contribution in [0.5, 0.6) is 0 Å². The number of nitrogens with zero attached hydrogens (tertiary/aromatic N) is 3. The van der Waals surface area contributed by atoms with E-state index < -0.39 is 35.2 Å². The van der Waals surface area contributed by atoms with Gasteiger partial charge in [-0.2, -0.15) is 0 Å². The van der Waals surface area contributed by atoms with E-state index >= 15 is 0 Å². The Labute approximate surface area is 142 Å². The van der Waals surface area contributed by atoms with Crippen molar-refractivity contribution in [1.29, 1.82) is 0 Å². The van der Waals surface area contributed by atoms with Crippen LogP contribution in [0.1, 0.15) is 27.6 Å². The fourth-order valence-corrected chi connectivity index (χ4v) is 2.28. The molecular formula is C15H15N3O7. The van der Waals surface area contributed by atoms with Gasteiger partial charge in [0.05, 0.1) is 22.7 Å². The van der Waals surface area contributed by atoms with Crippen molar-refractivity contribution in [1.82, 2.24) is 9.80 Å². The van der Waals surface area contributed by atoms with Crippen LogP contribution in [0, 0.1) is 10.1 Å². The number of fused-ring (bicyclic) bond motifs is 1. The largest absolute Gasteiger partial charge is 0.465 e. The summed E-state index contributed by atoms with van der Waals surface area (Å²) in [4.78, 5) is 59.9. The number of esters is 1. The number of benzene rings is 1. The molecule has 10 heteroatoms. The van der Waals surface area contributed by atoms with Crippen molar-refractivity contribution in [3.8, 4) is 0 Å².